The summed E-state index contributed by atoms with van der Waals surface area (Å²) in [5, 5.41) is 1.75. The van der Waals surface area contributed by atoms with Gasteiger partial charge in [0.1, 0.15) is 0 Å². The molecule has 1 heterocycles. The van der Waals surface area contributed by atoms with E-state index < -0.39 is 7.38 Å². The van der Waals surface area contributed by atoms with Crippen molar-refractivity contribution in [3.63, 3.8) is 0 Å². The number of aryl methyl sites for hydroxylation is 1. The third-order valence-corrected chi connectivity index (χ3v) is 11.2. The lowest BCUT2D eigenvalue weighted by Crippen LogP contribution is -2.53. The average Bonchev–Trinajstić information content (AvgIpc) is 2.17. The first-order chi connectivity index (χ1) is 6.95. The van der Waals surface area contributed by atoms with Crippen molar-refractivity contribution in [2.45, 2.75) is 44.7 Å². The van der Waals surface area contributed by atoms with Crippen LogP contribution in [0.2, 0.25) is 11.1 Å². The van der Waals surface area contributed by atoms with E-state index in [9.17, 15) is 0 Å². The van der Waals surface area contributed by atoms with Gasteiger partial charge in [-0.2, -0.15) is 11.1 Å². The standard InChI is InChI=1S/C13H19ClSi/c1-13(2,3)15(14)10-6-8-11-7-4-5-9-12(11)15/h4-5,7,9H,6,8,10H2,1-3H3/t15-/m1/s1. The SMILES string of the molecule is CC(C)(C)[Si@@]1(Cl)CCCc2ccccc21. The Balaban J connectivity index is 2.55. The van der Waals surface area contributed by atoms with Gasteiger partial charge in [0, 0.05) is 0 Å². The number of fused-ring (bicyclic) bond motifs is 1. The number of halogens is 1. The molecule has 2 rings (SSSR count). The van der Waals surface area contributed by atoms with E-state index in [2.05, 4.69) is 45.0 Å². The van der Waals surface area contributed by atoms with Crippen molar-refractivity contribution in [1.82, 2.24) is 0 Å². The molecule has 0 saturated carbocycles. The van der Waals surface area contributed by atoms with Gasteiger partial charge in [-0.1, -0.05) is 51.5 Å². The molecule has 1 aromatic rings. The Morgan fingerprint density at radius 2 is 1.87 bits per heavy atom. The first-order valence-corrected chi connectivity index (χ1v) is 8.94. The molecule has 0 saturated heterocycles. The van der Waals surface area contributed by atoms with Crippen molar-refractivity contribution in [3.05, 3.63) is 29.8 Å². The normalized spacial score (nSPS) is 26.1. The highest BCUT2D eigenvalue weighted by Gasteiger charge is 2.46. The summed E-state index contributed by atoms with van der Waals surface area (Å²) in [7, 11) is -1.79. The second kappa shape index (κ2) is 3.64. The minimum absolute atomic E-state index is 0.255. The lowest BCUT2D eigenvalue weighted by molar-refractivity contribution is 0.715. The molecule has 82 valence electrons. The fourth-order valence-electron chi connectivity index (χ4n) is 2.56. The van der Waals surface area contributed by atoms with Crippen LogP contribution >= 0.6 is 11.1 Å². The number of benzene rings is 1. The molecule has 0 unspecified atom stereocenters. The summed E-state index contributed by atoms with van der Waals surface area (Å²) >= 11 is 7.02. The van der Waals surface area contributed by atoms with Crippen molar-refractivity contribution < 1.29 is 0 Å². The van der Waals surface area contributed by atoms with Crippen LogP contribution in [0.1, 0.15) is 32.8 Å². The zero-order valence-corrected chi connectivity index (χ0v) is 11.6. The summed E-state index contributed by atoms with van der Waals surface area (Å²) in [6.07, 6.45) is 2.48. The monoisotopic (exact) mass is 238 g/mol. The first kappa shape index (κ1) is 11.2. The third kappa shape index (κ3) is 1.76. The molecule has 0 aromatic heterocycles. The summed E-state index contributed by atoms with van der Waals surface area (Å²) in [6.45, 7) is 6.90. The minimum atomic E-state index is -1.79. The highest BCUT2D eigenvalue weighted by Crippen LogP contribution is 2.44. The summed E-state index contributed by atoms with van der Waals surface area (Å²) < 4.78 is 0. The Bertz CT molecular complexity index is 367. The average molecular weight is 239 g/mol. The smallest absolute Gasteiger partial charge is 0.160 e. The second-order valence-corrected chi connectivity index (χ2v) is 11.6. The van der Waals surface area contributed by atoms with E-state index in [0.29, 0.717) is 0 Å². The molecule has 0 nitrogen and oxygen atoms in total. The van der Waals surface area contributed by atoms with Gasteiger partial charge in [-0.15, -0.1) is 0 Å². The Morgan fingerprint density at radius 1 is 1.20 bits per heavy atom. The molecule has 0 bridgehead atoms. The van der Waals surface area contributed by atoms with Crippen LogP contribution in [0.25, 0.3) is 0 Å². The van der Waals surface area contributed by atoms with E-state index in [0.717, 1.165) is 0 Å². The van der Waals surface area contributed by atoms with E-state index in [4.69, 9.17) is 11.1 Å². The Morgan fingerprint density at radius 3 is 2.53 bits per heavy atom. The molecule has 0 aliphatic carbocycles. The van der Waals surface area contributed by atoms with Gasteiger partial charge in [0.25, 0.3) is 0 Å². The highest BCUT2D eigenvalue weighted by molar-refractivity contribution is 7.29. The molecule has 1 aliphatic heterocycles. The predicted molar refractivity (Wildman–Crippen MR) is 70.5 cm³/mol. The van der Waals surface area contributed by atoms with Crippen LogP contribution in [-0.4, -0.2) is 7.38 Å². The summed E-state index contributed by atoms with van der Waals surface area (Å²) in [5.74, 6) is 0. The maximum atomic E-state index is 7.02. The van der Waals surface area contributed by atoms with Crippen molar-refractivity contribution in [3.8, 4) is 0 Å². The third-order valence-electron chi connectivity index (χ3n) is 3.60. The van der Waals surface area contributed by atoms with Crippen molar-refractivity contribution in [2.24, 2.45) is 0 Å². The van der Waals surface area contributed by atoms with Gasteiger partial charge < -0.3 is 0 Å². The van der Waals surface area contributed by atoms with Crippen LogP contribution in [0, 0.1) is 0 Å². The number of hydrogen-bond donors (Lipinski definition) is 0. The molecule has 0 radical (unpaired) electrons. The summed E-state index contributed by atoms with van der Waals surface area (Å²) in [6, 6.07) is 10.0. The molecular formula is C13H19ClSi. The van der Waals surface area contributed by atoms with E-state index in [1.165, 1.54) is 29.6 Å². The maximum absolute atomic E-state index is 7.02. The van der Waals surface area contributed by atoms with Crippen LogP contribution < -0.4 is 5.19 Å². The Hall–Kier alpha value is -0.273. The number of rotatable bonds is 0. The van der Waals surface area contributed by atoms with Gasteiger partial charge in [0.15, 0.2) is 7.38 Å². The maximum Gasteiger partial charge on any atom is 0.192 e. The van der Waals surface area contributed by atoms with E-state index >= 15 is 0 Å². The molecule has 1 atom stereocenters. The molecule has 1 aromatic carbocycles. The van der Waals surface area contributed by atoms with E-state index in [1.807, 2.05) is 0 Å². The van der Waals surface area contributed by atoms with Gasteiger partial charge in [-0.25, -0.2) is 0 Å². The van der Waals surface area contributed by atoms with Crippen LogP contribution in [-0.2, 0) is 6.42 Å². The topological polar surface area (TPSA) is 0 Å². The van der Waals surface area contributed by atoms with Crippen LogP contribution in [0.5, 0.6) is 0 Å². The van der Waals surface area contributed by atoms with Crippen LogP contribution in [0.4, 0.5) is 0 Å². The summed E-state index contributed by atoms with van der Waals surface area (Å²) in [5.41, 5.74) is 1.50. The zero-order chi connectivity index (χ0) is 11.1. The van der Waals surface area contributed by atoms with Gasteiger partial charge in [0.05, 0.1) is 0 Å². The first-order valence-electron chi connectivity index (χ1n) is 5.72. The van der Waals surface area contributed by atoms with Gasteiger partial charge in [-0.3, -0.25) is 0 Å². The zero-order valence-electron chi connectivity index (χ0n) is 9.81. The fourth-order valence-corrected chi connectivity index (χ4v) is 7.08. The highest BCUT2D eigenvalue weighted by atomic mass is 35.6. The van der Waals surface area contributed by atoms with Crippen molar-refractivity contribution >= 4 is 23.6 Å². The summed E-state index contributed by atoms with van der Waals surface area (Å²) in [4.78, 5) is 0. The fraction of sp³-hybridized carbons (Fsp3) is 0.538. The van der Waals surface area contributed by atoms with Gasteiger partial charge in [-0.05, 0) is 28.3 Å². The Labute approximate surface area is 98.4 Å². The van der Waals surface area contributed by atoms with Crippen LogP contribution in [0.3, 0.4) is 0 Å². The molecule has 0 fully saturated rings. The molecular weight excluding hydrogens is 220 g/mol. The van der Waals surface area contributed by atoms with Gasteiger partial charge >= 0.3 is 0 Å². The van der Waals surface area contributed by atoms with Crippen LogP contribution in [0.15, 0.2) is 24.3 Å². The molecule has 0 spiro atoms. The molecule has 0 amide bonds. The predicted octanol–water partition coefficient (Wildman–Crippen LogP) is 3.82. The largest absolute Gasteiger partial charge is 0.192 e. The molecule has 1 aliphatic rings. The lowest BCUT2D eigenvalue weighted by atomic mass is 10.1. The molecule has 0 N–H and O–H groups in total. The van der Waals surface area contributed by atoms with Gasteiger partial charge in [0.2, 0.25) is 0 Å². The Kier molecular flexibility index (Phi) is 2.72. The second-order valence-electron chi connectivity index (χ2n) is 5.56. The van der Waals surface area contributed by atoms with E-state index in [1.54, 1.807) is 0 Å². The quantitative estimate of drug-likeness (QED) is 0.476. The van der Waals surface area contributed by atoms with Crippen molar-refractivity contribution in [2.75, 3.05) is 0 Å². The lowest BCUT2D eigenvalue weighted by Gasteiger charge is -2.41. The number of hydrogen-bond acceptors (Lipinski definition) is 0. The molecule has 2 heteroatoms. The minimum Gasteiger partial charge on any atom is -0.160 e. The van der Waals surface area contributed by atoms with Crippen molar-refractivity contribution in [1.29, 1.82) is 0 Å². The molecule has 15 heavy (non-hydrogen) atoms. The van der Waals surface area contributed by atoms with E-state index in [-0.39, 0.29) is 5.04 Å².